The monoisotopic (exact) mass is 391 g/mol. The highest BCUT2D eigenvalue weighted by atomic mass is 16.5. The molecule has 1 aliphatic carbocycles. The van der Waals surface area contributed by atoms with E-state index in [1.807, 2.05) is 50.2 Å². The zero-order chi connectivity index (χ0) is 20.2. The van der Waals surface area contributed by atoms with Gasteiger partial charge in [0.15, 0.2) is 23.0 Å². The molecule has 0 saturated carbocycles. The number of carbonyl (C=O) groups excluding carboxylic acids is 1. The summed E-state index contributed by atoms with van der Waals surface area (Å²) in [6, 6.07) is 16.0. The lowest BCUT2D eigenvalue weighted by Gasteiger charge is -2.20. The molecule has 0 amide bonds. The molecule has 0 unspecified atom stereocenters. The zero-order valence-corrected chi connectivity index (χ0v) is 16.8. The molecule has 1 aliphatic rings. The maximum atomic E-state index is 12.9. The standard InChI is InChI=1S/C24H25NO4/c1-3-27-21-11-10-16(12-22(21)28-4-2)13-23-24-19(25-29-23)14-18(15-20(24)26)17-8-6-5-7-9-17/h5-12,18H,3-4,13-15H2,1-2H3/t18-/m0/s1. The van der Waals surface area contributed by atoms with Gasteiger partial charge in [0.25, 0.3) is 0 Å². The van der Waals surface area contributed by atoms with Gasteiger partial charge in [-0.05, 0) is 43.0 Å². The van der Waals surface area contributed by atoms with E-state index in [4.69, 9.17) is 14.0 Å². The van der Waals surface area contributed by atoms with E-state index in [1.54, 1.807) is 0 Å². The zero-order valence-electron chi connectivity index (χ0n) is 16.8. The van der Waals surface area contributed by atoms with E-state index < -0.39 is 0 Å². The van der Waals surface area contributed by atoms with Crippen LogP contribution in [-0.4, -0.2) is 24.2 Å². The Labute approximate surface area is 170 Å². The molecule has 0 fully saturated rings. The number of carbonyl (C=O) groups is 1. The van der Waals surface area contributed by atoms with Gasteiger partial charge in [0.05, 0.1) is 24.5 Å². The summed E-state index contributed by atoms with van der Waals surface area (Å²) in [5.41, 5.74) is 3.59. The number of hydrogen-bond acceptors (Lipinski definition) is 5. The van der Waals surface area contributed by atoms with Crippen LogP contribution in [0.4, 0.5) is 0 Å². The molecule has 0 radical (unpaired) electrons. The lowest BCUT2D eigenvalue weighted by Crippen LogP contribution is -2.19. The molecule has 4 rings (SSSR count). The van der Waals surface area contributed by atoms with E-state index in [1.165, 1.54) is 5.56 Å². The van der Waals surface area contributed by atoms with Gasteiger partial charge in [-0.1, -0.05) is 41.6 Å². The third kappa shape index (κ3) is 4.04. The first-order valence-electron chi connectivity index (χ1n) is 10.1. The fourth-order valence-corrected chi connectivity index (χ4v) is 3.92. The molecular formula is C24H25NO4. The molecule has 2 aromatic carbocycles. The molecule has 0 aliphatic heterocycles. The number of ketones is 1. The van der Waals surface area contributed by atoms with Crippen LogP contribution in [0.15, 0.2) is 53.1 Å². The molecule has 0 N–H and O–H groups in total. The Balaban J connectivity index is 1.57. The molecule has 5 nitrogen and oxygen atoms in total. The van der Waals surface area contributed by atoms with Crippen molar-refractivity contribution < 1.29 is 18.8 Å². The van der Waals surface area contributed by atoms with Crippen LogP contribution in [-0.2, 0) is 12.8 Å². The van der Waals surface area contributed by atoms with Crippen molar-refractivity contribution in [2.45, 2.75) is 39.0 Å². The van der Waals surface area contributed by atoms with Crippen molar-refractivity contribution >= 4 is 5.78 Å². The Morgan fingerprint density at radius 3 is 2.52 bits per heavy atom. The highest BCUT2D eigenvalue weighted by Gasteiger charge is 2.32. The normalized spacial score (nSPS) is 15.8. The summed E-state index contributed by atoms with van der Waals surface area (Å²) in [7, 11) is 0. The second-order valence-electron chi connectivity index (χ2n) is 7.19. The number of Topliss-reactive ketones (excluding diaryl/α,β-unsaturated/α-hetero) is 1. The molecule has 0 bridgehead atoms. The number of hydrogen-bond donors (Lipinski definition) is 0. The van der Waals surface area contributed by atoms with Crippen LogP contribution in [0.1, 0.15) is 59.1 Å². The molecule has 150 valence electrons. The molecule has 29 heavy (non-hydrogen) atoms. The molecule has 1 heterocycles. The third-order valence-corrected chi connectivity index (χ3v) is 5.23. The summed E-state index contributed by atoms with van der Waals surface area (Å²) >= 11 is 0. The average molecular weight is 391 g/mol. The summed E-state index contributed by atoms with van der Waals surface area (Å²) in [6.07, 6.45) is 1.71. The topological polar surface area (TPSA) is 61.6 Å². The number of rotatable bonds is 7. The fraction of sp³-hybridized carbons (Fsp3) is 0.333. The van der Waals surface area contributed by atoms with E-state index >= 15 is 0 Å². The first-order valence-corrected chi connectivity index (χ1v) is 10.1. The highest BCUT2D eigenvalue weighted by molar-refractivity contribution is 5.99. The van der Waals surface area contributed by atoms with Crippen LogP contribution in [0.5, 0.6) is 11.5 Å². The second kappa shape index (κ2) is 8.52. The fourth-order valence-electron chi connectivity index (χ4n) is 3.92. The van der Waals surface area contributed by atoms with Gasteiger partial charge in [-0.3, -0.25) is 4.79 Å². The SMILES string of the molecule is CCOc1ccc(Cc2onc3c2C(=O)C[C@@H](c2ccccc2)C3)cc1OCC. The van der Waals surface area contributed by atoms with Crippen molar-refractivity contribution in [3.8, 4) is 11.5 Å². The molecule has 3 aromatic rings. The Morgan fingerprint density at radius 1 is 1.00 bits per heavy atom. The Morgan fingerprint density at radius 2 is 1.76 bits per heavy atom. The summed E-state index contributed by atoms with van der Waals surface area (Å²) in [5.74, 6) is 2.31. The van der Waals surface area contributed by atoms with Crippen LogP contribution in [0, 0.1) is 0 Å². The minimum Gasteiger partial charge on any atom is -0.490 e. The smallest absolute Gasteiger partial charge is 0.168 e. The molecule has 0 spiro atoms. The molecule has 0 saturated heterocycles. The van der Waals surface area contributed by atoms with Gasteiger partial charge in [0.2, 0.25) is 0 Å². The maximum absolute atomic E-state index is 12.9. The van der Waals surface area contributed by atoms with Gasteiger partial charge < -0.3 is 14.0 Å². The Kier molecular flexibility index (Phi) is 5.65. The lowest BCUT2D eigenvalue weighted by atomic mass is 9.81. The summed E-state index contributed by atoms with van der Waals surface area (Å²) < 4.78 is 16.9. The van der Waals surface area contributed by atoms with Crippen LogP contribution < -0.4 is 9.47 Å². The molecule has 1 aromatic heterocycles. The number of aromatic nitrogens is 1. The predicted molar refractivity (Wildman–Crippen MR) is 110 cm³/mol. The van der Waals surface area contributed by atoms with E-state index in [0.717, 1.165) is 23.4 Å². The highest BCUT2D eigenvalue weighted by Crippen LogP contribution is 2.35. The van der Waals surface area contributed by atoms with Crippen LogP contribution in [0.3, 0.4) is 0 Å². The van der Waals surface area contributed by atoms with Crippen LogP contribution >= 0.6 is 0 Å². The van der Waals surface area contributed by atoms with E-state index in [2.05, 4.69) is 17.3 Å². The van der Waals surface area contributed by atoms with Gasteiger partial charge in [-0.15, -0.1) is 0 Å². The lowest BCUT2D eigenvalue weighted by molar-refractivity contribution is 0.0963. The molecular weight excluding hydrogens is 366 g/mol. The van der Waals surface area contributed by atoms with E-state index in [9.17, 15) is 4.79 Å². The van der Waals surface area contributed by atoms with Crippen molar-refractivity contribution in [2.24, 2.45) is 0 Å². The summed E-state index contributed by atoms with van der Waals surface area (Å²) in [4.78, 5) is 12.9. The predicted octanol–water partition coefficient (Wildman–Crippen LogP) is 4.98. The quantitative estimate of drug-likeness (QED) is 0.569. The molecule has 1 atom stereocenters. The summed E-state index contributed by atoms with van der Waals surface area (Å²) in [6.45, 7) is 5.02. The third-order valence-electron chi connectivity index (χ3n) is 5.23. The first kappa shape index (κ1) is 19.2. The number of fused-ring (bicyclic) bond motifs is 1. The van der Waals surface area contributed by atoms with Gasteiger partial charge in [0.1, 0.15) is 0 Å². The summed E-state index contributed by atoms with van der Waals surface area (Å²) in [5, 5.41) is 4.23. The average Bonchev–Trinajstić information content (AvgIpc) is 3.14. The van der Waals surface area contributed by atoms with Crippen molar-refractivity contribution in [3.63, 3.8) is 0 Å². The van der Waals surface area contributed by atoms with Crippen molar-refractivity contribution in [1.82, 2.24) is 5.16 Å². The number of nitrogens with zero attached hydrogens (tertiary/aromatic N) is 1. The van der Waals surface area contributed by atoms with Gasteiger partial charge in [-0.25, -0.2) is 0 Å². The van der Waals surface area contributed by atoms with Crippen molar-refractivity contribution in [2.75, 3.05) is 13.2 Å². The minimum absolute atomic E-state index is 0.104. The second-order valence-corrected chi connectivity index (χ2v) is 7.19. The van der Waals surface area contributed by atoms with Gasteiger partial charge in [0, 0.05) is 19.3 Å². The minimum atomic E-state index is 0.104. The van der Waals surface area contributed by atoms with Crippen LogP contribution in [0.2, 0.25) is 0 Å². The first-order chi connectivity index (χ1) is 14.2. The van der Waals surface area contributed by atoms with E-state index in [-0.39, 0.29) is 11.7 Å². The maximum Gasteiger partial charge on any atom is 0.168 e. The Hall–Kier alpha value is -3.08. The molecule has 5 heteroatoms. The van der Waals surface area contributed by atoms with Crippen molar-refractivity contribution in [1.29, 1.82) is 0 Å². The van der Waals surface area contributed by atoms with Gasteiger partial charge >= 0.3 is 0 Å². The van der Waals surface area contributed by atoms with Crippen molar-refractivity contribution in [3.05, 3.63) is 76.7 Å². The largest absolute Gasteiger partial charge is 0.490 e. The number of ether oxygens (including phenoxy) is 2. The van der Waals surface area contributed by atoms with Gasteiger partial charge in [-0.2, -0.15) is 0 Å². The van der Waals surface area contributed by atoms with E-state index in [0.29, 0.717) is 43.1 Å². The number of benzene rings is 2. The van der Waals surface area contributed by atoms with Crippen LogP contribution in [0.25, 0.3) is 0 Å². The Bertz CT molecular complexity index is 993.